The Hall–Kier alpha value is -2.73. The van der Waals surface area contributed by atoms with E-state index in [1.165, 1.54) is 4.90 Å². The lowest BCUT2D eigenvalue weighted by Crippen LogP contribution is -2.57. The van der Waals surface area contributed by atoms with Crippen LogP contribution in [0.4, 0.5) is 0 Å². The van der Waals surface area contributed by atoms with E-state index in [9.17, 15) is 29.1 Å². The van der Waals surface area contributed by atoms with Crippen molar-refractivity contribution in [2.75, 3.05) is 13.1 Å². The van der Waals surface area contributed by atoms with Gasteiger partial charge in [0.1, 0.15) is 18.1 Å². The van der Waals surface area contributed by atoms with Crippen molar-refractivity contribution in [3.8, 4) is 0 Å². The van der Waals surface area contributed by atoms with Gasteiger partial charge in [-0.15, -0.1) is 0 Å². The van der Waals surface area contributed by atoms with E-state index in [0.717, 1.165) is 0 Å². The van der Waals surface area contributed by atoms with Gasteiger partial charge in [-0.1, -0.05) is 13.8 Å². The predicted octanol–water partition coefficient (Wildman–Crippen LogP) is -1.59. The molecule has 0 aliphatic carbocycles. The molecule has 1 heterocycles. The molecule has 0 saturated carbocycles. The van der Waals surface area contributed by atoms with Gasteiger partial charge in [-0.2, -0.15) is 0 Å². The van der Waals surface area contributed by atoms with Crippen molar-refractivity contribution in [3.63, 3.8) is 0 Å². The molecule has 0 spiro atoms. The maximum absolute atomic E-state index is 13.3. The summed E-state index contributed by atoms with van der Waals surface area (Å²) in [7, 11) is 0. The van der Waals surface area contributed by atoms with Crippen LogP contribution in [0.25, 0.3) is 0 Å². The minimum Gasteiger partial charge on any atom is -0.480 e. The molecule has 4 unspecified atom stereocenters. The molecule has 0 aromatic rings. The van der Waals surface area contributed by atoms with Crippen LogP contribution in [0.15, 0.2) is 0 Å². The molecular weight excluding hydrogens is 432 g/mol. The standard InChI is InChI=1S/C21H38N6O6/c1-12(2)17(24)19(30)25-13(6-3-4-10-22)20(31)27-11-5-7-15(27)18(29)26-14(21(32)33)8-9-16(23)28/h12-15,17H,3-11,22,24H2,1-2H3,(H2,23,28)(H,25,30)(H,26,29)(H,32,33). The first-order chi connectivity index (χ1) is 15.5. The summed E-state index contributed by atoms with van der Waals surface area (Å²) in [6, 6.07) is -3.83. The van der Waals surface area contributed by atoms with Gasteiger partial charge in [0, 0.05) is 13.0 Å². The van der Waals surface area contributed by atoms with E-state index in [-0.39, 0.29) is 18.8 Å². The lowest BCUT2D eigenvalue weighted by molar-refractivity contribution is -0.145. The molecule has 4 amide bonds. The molecule has 1 saturated heterocycles. The molecule has 1 fully saturated rings. The van der Waals surface area contributed by atoms with Crippen LogP contribution in [0.1, 0.15) is 58.8 Å². The number of carbonyl (C=O) groups excluding carboxylic acids is 4. The summed E-state index contributed by atoms with van der Waals surface area (Å²) in [5.74, 6) is -3.59. The van der Waals surface area contributed by atoms with Gasteiger partial charge in [0.05, 0.1) is 6.04 Å². The number of nitrogens with two attached hydrogens (primary N) is 3. The fourth-order valence-electron chi connectivity index (χ4n) is 3.64. The van der Waals surface area contributed by atoms with Gasteiger partial charge in [0.15, 0.2) is 0 Å². The number of rotatable bonds is 14. The Morgan fingerprint density at radius 1 is 1.06 bits per heavy atom. The number of hydrogen-bond acceptors (Lipinski definition) is 7. The normalized spacial score (nSPS) is 18.5. The molecule has 1 rings (SSSR count). The zero-order valence-corrected chi connectivity index (χ0v) is 19.4. The summed E-state index contributed by atoms with van der Waals surface area (Å²) < 4.78 is 0. The lowest BCUT2D eigenvalue weighted by Gasteiger charge is -2.30. The Kier molecular flexibility index (Phi) is 11.8. The van der Waals surface area contributed by atoms with Gasteiger partial charge < -0.3 is 37.8 Å². The monoisotopic (exact) mass is 470 g/mol. The number of carbonyl (C=O) groups is 5. The van der Waals surface area contributed by atoms with Crippen molar-refractivity contribution < 1.29 is 29.1 Å². The van der Waals surface area contributed by atoms with Crippen LogP contribution >= 0.6 is 0 Å². The maximum Gasteiger partial charge on any atom is 0.326 e. The van der Waals surface area contributed by atoms with Crippen molar-refractivity contribution in [1.82, 2.24) is 15.5 Å². The highest BCUT2D eigenvalue weighted by atomic mass is 16.4. The number of carboxylic acid groups (broad SMARTS) is 1. The van der Waals surface area contributed by atoms with Crippen LogP contribution in [0.5, 0.6) is 0 Å². The molecule has 0 aromatic heterocycles. The van der Waals surface area contributed by atoms with Crippen molar-refractivity contribution in [2.45, 2.75) is 83.0 Å². The summed E-state index contributed by atoms with van der Waals surface area (Å²) in [5.41, 5.74) is 16.5. The number of primary amides is 1. The number of likely N-dealkylation sites (tertiary alicyclic amines) is 1. The summed E-state index contributed by atoms with van der Waals surface area (Å²) in [5, 5.41) is 14.5. The number of unbranched alkanes of at least 4 members (excludes halogenated alkanes) is 1. The summed E-state index contributed by atoms with van der Waals surface area (Å²) in [6.45, 7) is 4.34. The average molecular weight is 471 g/mol. The van der Waals surface area contributed by atoms with Gasteiger partial charge in [-0.3, -0.25) is 19.2 Å². The third-order valence-corrected chi connectivity index (χ3v) is 5.72. The fourth-order valence-corrected chi connectivity index (χ4v) is 3.64. The smallest absolute Gasteiger partial charge is 0.326 e. The SMILES string of the molecule is CC(C)C(N)C(=O)NC(CCCCN)C(=O)N1CCCC1C(=O)NC(CCC(N)=O)C(=O)O. The van der Waals surface area contributed by atoms with Crippen LogP contribution in [-0.2, 0) is 24.0 Å². The summed E-state index contributed by atoms with van der Waals surface area (Å²) in [6.07, 6.45) is 2.17. The molecule has 1 aliphatic rings. The van der Waals surface area contributed by atoms with Gasteiger partial charge in [-0.05, 0) is 51.0 Å². The minimum atomic E-state index is -1.30. The minimum absolute atomic E-state index is 0.122. The number of hydrogen-bond donors (Lipinski definition) is 6. The molecule has 0 aromatic carbocycles. The van der Waals surface area contributed by atoms with Crippen molar-refractivity contribution in [2.24, 2.45) is 23.1 Å². The van der Waals surface area contributed by atoms with Crippen LogP contribution < -0.4 is 27.8 Å². The number of nitrogens with zero attached hydrogens (tertiary/aromatic N) is 1. The Balaban J connectivity index is 2.94. The second-order valence-electron chi connectivity index (χ2n) is 8.71. The largest absolute Gasteiger partial charge is 0.480 e. The number of carboxylic acids is 1. The van der Waals surface area contributed by atoms with Crippen molar-refractivity contribution >= 4 is 29.6 Å². The highest BCUT2D eigenvalue weighted by Gasteiger charge is 2.39. The second-order valence-corrected chi connectivity index (χ2v) is 8.71. The number of aliphatic carboxylic acids is 1. The molecule has 0 bridgehead atoms. The van der Waals surface area contributed by atoms with E-state index in [1.54, 1.807) is 13.8 Å². The zero-order valence-electron chi connectivity index (χ0n) is 19.4. The zero-order chi connectivity index (χ0) is 25.1. The van der Waals surface area contributed by atoms with E-state index >= 15 is 0 Å². The van der Waals surface area contributed by atoms with E-state index in [4.69, 9.17) is 17.2 Å². The Morgan fingerprint density at radius 2 is 1.73 bits per heavy atom. The van der Waals surface area contributed by atoms with Gasteiger partial charge in [-0.25, -0.2) is 4.79 Å². The third kappa shape index (κ3) is 8.97. The first kappa shape index (κ1) is 28.3. The molecule has 12 heteroatoms. The molecule has 188 valence electrons. The lowest BCUT2D eigenvalue weighted by atomic mass is 10.0. The highest BCUT2D eigenvalue weighted by molar-refractivity contribution is 5.94. The van der Waals surface area contributed by atoms with E-state index in [1.807, 2.05) is 0 Å². The molecule has 12 nitrogen and oxygen atoms in total. The van der Waals surface area contributed by atoms with Crippen molar-refractivity contribution in [3.05, 3.63) is 0 Å². The van der Waals surface area contributed by atoms with E-state index < -0.39 is 53.8 Å². The predicted molar refractivity (Wildman–Crippen MR) is 120 cm³/mol. The van der Waals surface area contributed by atoms with E-state index in [2.05, 4.69) is 10.6 Å². The Labute approximate surface area is 194 Å². The molecule has 33 heavy (non-hydrogen) atoms. The van der Waals surface area contributed by atoms with Crippen LogP contribution in [-0.4, -0.2) is 76.9 Å². The fraction of sp³-hybridized carbons (Fsp3) is 0.762. The molecular formula is C21H38N6O6. The summed E-state index contributed by atoms with van der Waals surface area (Å²) in [4.78, 5) is 62.4. The third-order valence-electron chi connectivity index (χ3n) is 5.72. The van der Waals surface area contributed by atoms with Crippen LogP contribution in [0.3, 0.4) is 0 Å². The average Bonchev–Trinajstić information content (AvgIpc) is 3.24. The summed E-state index contributed by atoms with van der Waals surface area (Å²) >= 11 is 0. The molecule has 1 aliphatic heterocycles. The molecule has 9 N–H and O–H groups in total. The second kappa shape index (κ2) is 13.7. The topological polar surface area (TPSA) is 211 Å². The van der Waals surface area contributed by atoms with Crippen molar-refractivity contribution in [1.29, 1.82) is 0 Å². The number of nitrogens with one attached hydrogen (secondary N) is 2. The quantitative estimate of drug-likeness (QED) is 0.162. The van der Waals surface area contributed by atoms with Crippen LogP contribution in [0, 0.1) is 5.92 Å². The Bertz CT molecular complexity index is 715. The number of amides is 4. The molecule has 0 radical (unpaired) electrons. The maximum atomic E-state index is 13.3. The first-order valence-corrected chi connectivity index (χ1v) is 11.4. The van der Waals surface area contributed by atoms with Gasteiger partial charge in [0.25, 0.3) is 0 Å². The molecule has 4 atom stereocenters. The Morgan fingerprint density at radius 3 is 2.27 bits per heavy atom. The van der Waals surface area contributed by atoms with Gasteiger partial charge in [0.2, 0.25) is 23.6 Å². The van der Waals surface area contributed by atoms with E-state index in [0.29, 0.717) is 45.2 Å². The highest BCUT2D eigenvalue weighted by Crippen LogP contribution is 2.20. The van der Waals surface area contributed by atoms with Crippen LogP contribution in [0.2, 0.25) is 0 Å². The first-order valence-electron chi connectivity index (χ1n) is 11.4. The van der Waals surface area contributed by atoms with Gasteiger partial charge >= 0.3 is 5.97 Å².